The maximum absolute atomic E-state index is 12.4. The highest BCUT2D eigenvalue weighted by Crippen LogP contribution is 2.27. The summed E-state index contributed by atoms with van der Waals surface area (Å²) in [5.74, 6) is -0.692. The summed E-state index contributed by atoms with van der Waals surface area (Å²) >= 11 is 0. The molecule has 0 aromatic carbocycles. The predicted octanol–water partition coefficient (Wildman–Crippen LogP) is -1.68. The first-order chi connectivity index (χ1) is 9.50. The Morgan fingerprint density at radius 2 is 2.10 bits per heavy atom. The summed E-state index contributed by atoms with van der Waals surface area (Å²) in [4.78, 5) is 48.1. The van der Waals surface area contributed by atoms with Gasteiger partial charge in [0.25, 0.3) is 5.91 Å². The summed E-state index contributed by atoms with van der Waals surface area (Å²) in [6.45, 7) is 0.991. The van der Waals surface area contributed by atoms with Crippen molar-refractivity contribution in [2.45, 2.75) is 24.8 Å². The van der Waals surface area contributed by atoms with Crippen LogP contribution in [0.2, 0.25) is 0 Å². The fraction of sp³-hybridized carbons (Fsp3) is 0.667. The molecule has 3 fully saturated rings. The van der Waals surface area contributed by atoms with E-state index in [0.717, 1.165) is 0 Å². The molecule has 8 nitrogen and oxygen atoms in total. The molecule has 0 aliphatic carbocycles. The molecule has 3 rings (SSSR count). The number of nitrogens with zero attached hydrogens (tertiary/aromatic N) is 1. The number of nitrogens with one attached hydrogen (secondary N) is 3. The molecule has 3 N–H and O–H groups in total. The molecule has 3 aliphatic rings. The van der Waals surface area contributed by atoms with E-state index in [9.17, 15) is 19.2 Å². The molecule has 8 heteroatoms. The highest BCUT2D eigenvalue weighted by molar-refractivity contribution is 6.07. The van der Waals surface area contributed by atoms with Gasteiger partial charge in [-0.05, 0) is 12.8 Å². The second kappa shape index (κ2) is 4.46. The summed E-state index contributed by atoms with van der Waals surface area (Å²) < 4.78 is 0. The van der Waals surface area contributed by atoms with Crippen LogP contribution in [0, 0.1) is 5.92 Å². The van der Waals surface area contributed by atoms with Crippen LogP contribution in [0.1, 0.15) is 19.3 Å². The van der Waals surface area contributed by atoms with Crippen molar-refractivity contribution in [2.24, 2.45) is 5.92 Å². The van der Waals surface area contributed by atoms with Gasteiger partial charge < -0.3 is 15.5 Å². The van der Waals surface area contributed by atoms with Crippen molar-refractivity contribution in [1.82, 2.24) is 20.9 Å². The zero-order chi connectivity index (χ0) is 14.3. The van der Waals surface area contributed by atoms with Crippen LogP contribution < -0.4 is 16.0 Å². The number of imide groups is 1. The monoisotopic (exact) mass is 280 g/mol. The molecule has 0 aromatic rings. The third-order valence-electron chi connectivity index (χ3n) is 4.21. The van der Waals surface area contributed by atoms with Gasteiger partial charge in [-0.15, -0.1) is 0 Å². The van der Waals surface area contributed by atoms with E-state index in [1.807, 2.05) is 0 Å². The molecule has 1 spiro atoms. The Morgan fingerprint density at radius 1 is 1.30 bits per heavy atom. The molecular weight excluding hydrogens is 264 g/mol. The van der Waals surface area contributed by atoms with Crippen LogP contribution in [0.5, 0.6) is 0 Å². The standard InChI is InChI=1S/C12H16N4O4/c17-8-2-1-7(5-13-8)9(18)16-4-3-12(6-16)10(19)14-11(20)15-12/h7H,1-6H2,(H,13,17)(H2,14,15,19,20). The third kappa shape index (κ3) is 2.00. The average Bonchev–Trinajstić information content (AvgIpc) is 2.95. The minimum Gasteiger partial charge on any atom is -0.355 e. The van der Waals surface area contributed by atoms with Gasteiger partial charge in [0.05, 0.1) is 12.5 Å². The maximum atomic E-state index is 12.4. The molecule has 0 saturated carbocycles. The van der Waals surface area contributed by atoms with Crippen LogP contribution in [0.3, 0.4) is 0 Å². The first-order valence-electron chi connectivity index (χ1n) is 6.69. The molecule has 2 atom stereocenters. The van der Waals surface area contributed by atoms with Crippen molar-refractivity contribution in [2.75, 3.05) is 19.6 Å². The van der Waals surface area contributed by atoms with Crippen molar-refractivity contribution >= 4 is 23.8 Å². The van der Waals surface area contributed by atoms with Crippen LogP contribution in [-0.2, 0) is 14.4 Å². The Labute approximate surface area is 115 Å². The summed E-state index contributed by atoms with van der Waals surface area (Å²) in [7, 11) is 0. The number of hydrogen-bond donors (Lipinski definition) is 3. The molecule has 0 radical (unpaired) electrons. The molecule has 3 heterocycles. The van der Waals surface area contributed by atoms with Crippen molar-refractivity contribution in [1.29, 1.82) is 0 Å². The molecule has 108 valence electrons. The molecule has 0 aromatic heterocycles. The van der Waals surface area contributed by atoms with Gasteiger partial charge in [0.1, 0.15) is 5.54 Å². The fourth-order valence-corrected chi connectivity index (χ4v) is 3.02. The van der Waals surface area contributed by atoms with Gasteiger partial charge in [0.15, 0.2) is 0 Å². The lowest BCUT2D eigenvalue weighted by molar-refractivity contribution is -0.136. The van der Waals surface area contributed by atoms with E-state index >= 15 is 0 Å². The minimum absolute atomic E-state index is 0.0330. The van der Waals surface area contributed by atoms with Gasteiger partial charge in [-0.2, -0.15) is 0 Å². The Bertz CT molecular complexity index is 496. The van der Waals surface area contributed by atoms with E-state index in [1.54, 1.807) is 4.90 Å². The largest absolute Gasteiger partial charge is 0.355 e. The molecule has 2 unspecified atom stereocenters. The van der Waals surface area contributed by atoms with E-state index in [2.05, 4.69) is 16.0 Å². The van der Waals surface area contributed by atoms with Crippen LogP contribution in [0.4, 0.5) is 4.79 Å². The van der Waals surface area contributed by atoms with Gasteiger partial charge >= 0.3 is 6.03 Å². The predicted molar refractivity (Wildman–Crippen MR) is 66.3 cm³/mol. The molecular formula is C12H16N4O4. The Hall–Kier alpha value is -2.12. The first-order valence-corrected chi connectivity index (χ1v) is 6.69. The first kappa shape index (κ1) is 12.9. The number of amides is 5. The highest BCUT2D eigenvalue weighted by Gasteiger charge is 2.52. The van der Waals surface area contributed by atoms with Gasteiger partial charge in [0.2, 0.25) is 11.8 Å². The van der Waals surface area contributed by atoms with E-state index in [0.29, 0.717) is 32.4 Å². The number of carbonyl (C=O) groups excluding carboxylic acids is 4. The number of carbonyl (C=O) groups is 4. The van der Waals surface area contributed by atoms with E-state index in [1.165, 1.54) is 0 Å². The minimum atomic E-state index is -0.968. The summed E-state index contributed by atoms with van der Waals surface area (Å²) in [5.41, 5.74) is -0.968. The fourth-order valence-electron chi connectivity index (χ4n) is 3.02. The topological polar surface area (TPSA) is 108 Å². The number of hydrogen-bond acceptors (Lipinski definition) is 4. The van der Waals surface area contributed by atoms with Crippen LogP contribution in [0.15, 0.2) is 0 Å². The molecule has 3 saturated heterocycles. The van der Waals surface area contributed by atoms with Gasteiger partial charge in [-0.25, -0.2) is 4.79 Å². The van der Waals surface area contributed by atoms with Crippen molar-refractivity contribution < 1.29 is 19.2 Å². The van der Waals surface area contributed by atoms with E-state index < -0.39 is 11.6 Å². The number of rotatable bonds is 1. The van der Waals surface area contributed by atoms with Crippen molar-refractivity contribution in [3.63, 3.8) is 0 Å². The van der Waals surface area contributed by atoms with Crippen LogP contribution in [0.25, 0.3) is 0 Å². The SMILES string of the molecule is O=C1CCC(C(=O)N2CCC3(C2)NC(=O)NC3=O)CN1. The number of urea groups is 1. The molecule has 5 amide bonds. The summed E-state index contributed by atoms with van der Waals surface area (Å²) in [6, 6.07) is -0.505. The van der Waals surface area contributed by atoms with E-state index in [-0.39, 0.29) is 30.2 Å². The highest BCUT2D eigenvalue weighted by atomic mass is 16.2. The molecule has 0 bridgehead atoms. The zero-order valence-corrected chi connectivity index (χ0v) is 10.9. The Kier molecular flexibility index (Phi) is 2.88. The van der Waals surface area contributed by atoms with Crippen molar-refractivity contribution in [3.8, 4) is 0 Å². The lowest BCUT2D eigenvalue weighted by Gasteiger charge is -2.27. The van der Waals surface area contributed by atoms with Crippen LogP contribution in [-0.4, -0.2) is 53.8 Å². The number of piperidine rings is 1. The van der Waals surface area contributed by atoms with Crippen molar-refractivity contribution in [3.05, 3.63) is 0 Å². The van der Waals surface area contributed by atoms with Gasteiger partial charge in [0, 0.05) is 19.5 Å². The maximum Gasteiger partial charge on any atom is 0.322 e. The molecule has 20 heavy (non-hydrogen) atoms. The Balaban J connectivity index is 1.65. The Morgan fingerprint density at radius 3 is 2.70 bits per heavy atom. The van der Waals surface area contributed by atoms with Gasteiger partial charge in [-0.1, -0.05) is 0 Å². The van der Waals surface area contributed by atoms with E-state index in [4.69, 9.17) is 0 Å². The second-order valence-corrected chi connectivity index (χ2v) is 5.54. The summed E-state index contributed by atoms with van der Waals surface area (Å²) in [6.07, 6.45) is 1.31. The smallest absolute Gasteiger partial charge is 0.322 e. The lowest BCUT2D eigenvalue weighted by atomic mass is 9.97. The number of likely N-dealkylation sites (tertiary alicyclic amines) is 1. The third-order valence-corrected chi connectivity index (χ3v) is 4.21. The summed E-state index contributed by atoms with van der Waals surface area (Å²) in [5, 5.41) is 7.50. The normalized spacial score (nSPS) is 33.1. The average molecular weight is 280 g/mol. The lowest BCUT2D eigenvalue weighted by Crippen LogP contribution is -2.51. The quantitative estimate of drug-likeness (QED) is 0.499. The van der Waals surface area contributed by atoms with Gasteiger partial charge in [-0.3, -0.25) is 19.7 Å². The molecule has 3 aliphatic heterocycles. The second-order valence-electron chi connectivity index (χ2n) is 5.54. The van der Waals surface area contributed by atoms with Crippen LogP contribution >= 0.6 is 0 Å². The zero-order valence-electron chi connectivity index (χ0n) is 10.9.